The summed E-state index contributed by atoms with van der Waals surface area (Å²) in [5.74, 6) is 0.351. The van der Waals surface area contributed by atoms with Crippen molar-refractivity contribution >= 4 is 5.91 Å². The van der Waals surface area contributed by atoms with Crippen molar-refractivity contribution < 1.29 is 27.8 Å². The topological polar surface area (TPSA) is 61.8 Å². The van der Waals surface area contributed by atoms with E-state index in [1.165, 1.54) is 12.1 Å². The molecule has 2 saturated heterocycles. The van der Waals surface area contributed by atoms with Crippen LogP contribution in [0, 0.1) is 11.3 Å². The zero-order valence-corrected chi connectivity index (χ0v) is 18.3. The predicted molar refractivity (Wildman–Crippen MR) is 112 cm³/mol. The first-order chi connectivity index (χ1) is 15.2. The van der Waals surface area contributed by atoms with E-state index in [4.69, 9.17) is 4.74 Å². The van der Waals surface area contributed by atoms with Gasteiger partial charge >= 0.3 is 6.18 Å². The van der Waals surface area contributed by atoms with Gasteiger partial charge in [-0.2, -0.15) is 13.2 Å². The molecule has 0 bridgehead atoms. The first kappa shape index (κ1) is 22.2. The van der Waals surface area contributed by atoms with Gasteiger partial charge in [0.1, 0.15) is 0 Å². The average molecular weight is 453 g/mol. The lowest BCUT2D eigenvalue weighted by Crippen LogP contribution is -2.42. The van der Waals surface area contributed by atoms with Crippen molar-refractivity contribution in [1.82, 2.24) is 10.2 Å². The van der Waals surface area contributed by atoms with E-state index in [2.05, 4.69) is 12.2 Å². The number of hydrogen-bond acceptors (Lipinski definition) is 4. The van der Waals surface area contributed by atoms with Gasteiger partial charge in [-0.05, 0) is 61.1 Å². The molecular weight excluding hydrogens is 421 g/mol. The van der Waals surface area contributed by atoms with Crippen molar-refractivity contribution in [2.75, 3.05) is 13.2 Å². The molecule has 4 aliphatic rings. The summed E-state index contributed by atoms with van der Waals surface area (Å²) in [5.41, 5.74) is 1.15. The van der Waals surface area contributed by atoms with Gasteiger partial charge in [-0.25, -0.2) is 0 Å². The Kier molecular flexibility index (Phi) is 5.54. The van der Waals surface area contributed by atoms with Crippen molar-refractivity contribution in [3.8, 4) is 0 Å². The molecule has 3 aliphatic heterocycles. The Morgan fingerprint density at radius 1 is 1.19 bits per heavy atom. The minimum atomic E-state index is -4.70. The smallest absolute Gasteiger partial charge is 0.381 e. The van der Waals surface area contributed by atoms with Crippen molar-refractivity contribution in [3.05, 3.63) is 34.9 Å². The van der Waals surface area contributed by atoms with E-state index in [-0.39, 0.29) is 28.8 Å². The van der Waals surface area contributed by atoms with Gasteiger partial charge in [0, 0.05) is 37.9 Å². The maximum atomic E-state index is 13.6. The molecule has 5 atom stereocenters. The number of nitrogens with zero attached hydrogens (tertiary/aromatic N) is 1. The highest BCUT2D eigenvalue weighted by atomic mass is 19.4. The van der Waals surface area contributed by atoms with Crippen LogP contribution in [0.25, 0.3) is 0 Å². The number of aliphatic hydroxyl groups is 1. The molecule has 1 saturated carbocycles. The highest BCUT2D eigenvalue weighted by Crippen LogP contribution is 2.54. The van der Waals surface area contributed by atoms with Crippen LogP contribution in [0.3, 0.4) is 0 Å². The molecule has 1 amide bonds. The third-order valence-corrected chi connectivity index (χ3v) is 8.40. The summed E-state index contributed by atoms with van der Waals surface area (Å²) in [7, 11) is 0. The molecular formula is C24H31F3N2O3. The van der Waals surface area contributed by atoms with Crippen molar-refractivity contribution in [3.63, 3.8) is 0 Å². The number of aliphatic hydroxyl groups excluding tert-OH is 1. The highest BCUT2D eigenvalue weighted by Gasteiger charge is 2.60. The monoisotopic (exact) mass is 452 g/mol. The van der Waals surface area contributed by atoms with Crippen LogP contribution < -0.4 is 5.32 Å². The van der Waals surface area contributed by atoms with Crippen LogP contribution in [0.5, 0.6) is 0 Å². The zero-order valence-electron chi connectivity index (χ0n) is 18.3. The number of amides is 1. The van der Waals surface area contributed by atoms with Crippen LogP contribution in [0.4, 0.5) is 13.2 Å². The third kappa shape index (κ3) is 3.64. The summed E-state index contributed by atoms with van der Waals surface area (Å²) in [6.45, 7) is 4.06. The van der Waals surface area contributed by atoms with Crippen molar-refractivity contribution in [2.45, 2.75) is 82.4 Å². The minimum Gasteiger partial charge on any atom is -0.381 e. The molecule has 5 rings (SSSR count). The van der Waals surface area contributed by atoms with Gasteiger partial charge in [0.05, 0.1) is 5.41 Å². The first-order valence-corrected chi connectivity index (χ1v) is 11.7. The lowest BCUT2D eigenvalue weighted by molar-refractivity contribution is -0.206. The van der Waals surface area contributed by atoms with Crippen LogP contribution in [0.1, 0.15) is 61.8 Å². The molecule has 0 radical (unpaired) electrons. The van der Waals surface area contributed by atoms with Gasteiger partial charge in [-0.3, -0.25) is 4.79 Å². The zero-order chi connectivity index (χ0) is 22.7. The Morgan fingerprint density at radius 3 is 2.66 bits per heavy atom. The molecule has 2 N–H and O–H groups in total. The number of nitrogens with one attached hydrogen (secondary N) is 1. The lowest BCUT2D eigenvalue weighted by atomic mass is 9.73. The molecule has 176 valence electrons. The maximum Gasteiger partial charge on any atom is 0.418 e. The number of benzene rings is 1. The third-order valence-electron chi connectivity index (χ3n) is 8.40. The Morgan fingerprint density at radius 2 is 1.94 bits per heavy atom. The van der Waals surface area contributed by atoms with E-state index in [9.17, 15) is 23.1 Å². The Hall–Kier alpha value is -1.64. The van der Waals surface area contributed by atoms with Gasteiger partial charge in [0.15, 0.2) is 6.10 Å². The standard InChI is InChI=1S/C24H31F3N2O3/c1-14-20-11-15-2-3-16(21(30)24(25,26)27)10-17(15)13-29(20)22(31)23(14)7-4-19(12-23)28-18-5-8-32-9-6-18/h2-3,10,14,18-21,28,30H,4-9,11-13H2,1H3/t14?,19-,20?,21?,23+/m1/s1. The maximum absolute atomic E-state index is 13.6. The largest absolute Gasteiger partial charge is 0.418 e. The van der Waals surface area contributed by atoms with E-state index in [1.807, 2.05) is 4.90 Å². The number of hydrogen-bond donors (Lipinski definition) is 2. The molecule has 8 heteroatoms. The average Bonchev–Trinajstić information content (AvgIpc) is 3.28. The van der Waals surface area contributed by atoms with Gasteiger partial charge in [-0.15, -0.1) is 0 Å². The summed E-state index contributed by atoms with van der Waals surface area (Å²) in [6, 6.07) is 5.34. The molecule has 1 aromatic carbocycles. The van der Waals surface area contributed by atoms with E-state index in [0.717, 1.165) is 56.4 Å². The van der Waals surface area contributed by atoms with Crippen LogP contribution in [-0.2, 0) is 22.5 Å². The minimum absolute atomic E-state index is 0.0789. The predicted octanol–water partition coefficient (Wildman–Crippen LogP) is 3.49. The number of fused-ring (bicyclic) bond motifs is 2. The summed E-state index contributed by atoms with van der Waals surface area (Å²) < 4.78 is 44.4. The molecule has 3 fully saturated rings. The van der Waals surface area contributed by atoms with E-state index < -0.39 is 12.3 Å². The first-order valence-electron chi connectivity index (χ1n) is 11.7. The number of halogens is 3. The fourth-order valence-electron chi connectivity index (χ4n) is 6.53. The van der Waals surface area contributed by atoms with Gasteiger partial charge in [-0.1, -0.05) is 25.1 Å². The van der Waals surface area contributed by atoms with Crippen molar-refractivity contribution in [1.29, 1.82) is 0 Å². The Labute approximate surface area is 186 Å². The van der Waals surface area contributed by atoms with Gasteiger partial charge in [0.25, 0.3) is 0 Å². The normalized spacial score (nSPS) is 34.1. The fourth-order valence-corrected chi connectivity index (χ4v) is 6.53. The molecule has 1 spiro atoms. The number of alkyl halides is 3. The van der Waals surface area contributed by atoms with Crippen molar-refractivity contribution in [2.24, 2.45) is 11.3 Å². The summed E-state index contributed by atoms with van der Waals surface area (Å²) in [4.78, 5) is 15.5. The summed E-state index contributed by atoms with van der Waals surface area (Å²) >= 11 is 0. The molecule has 32 heavy (non-hydrogen) atoms. The van der Waals surface area contributed by atoms with Gasteiger partial charge in [0.2, 0.25) is 5.91 Å². The lowest BCUT2D eigenvalue weighted by Gasteiger charge is -2.34. The number of carbonyl (C=O) groups is 1. The summed E-state index contributed by atoms with van der Waals surface area (Å²) in [6.07, 6.45) is -1.89. The molecule has 1 aromatic rings. The van der Waals surface area contributed by atoms with Gasteiger partial charge < -0.3 is 20.1 Å². The van der Waals surface area contributed by atoms with Crippen LogP contribution in [0.2, 0.25) is 0 Å². The second-order valence-corrected chi connectivity index (χ2v) is 10.1. The van der Waals surface area contributed by atoms with Crippen LogP contribution >= 0.6 is 0 Å². The number of rotatable bonds is 3. The Balaban J connectivity index is 1.33. The molecule has 5 nitrogen and oxygen atoms in total. The second-order valence-electron chi connectivity index (χ2n) is 10.1. The Bertz CT molecular complexity index is 886. The fraction of sp³-hybridized carbons (Fsp3) is 0.708. The molecule has 1 aliphatic carbocycles. The molecule has 3 unspecified atom stereocenters. The van der Waals surface area contributed by atoms with Crippen LogP contribution in [0.15, 0.2) is 18.2 Å². The summed E-state index contributed by atoms with van der Waals surface area (Å²) in [5, 5.41) is 13.4. The van der Waals surface area contributed by atoms with E-state index in [0.29, 0.717) is 25.0 Å². The SMILES string of the molecule is CC1C2Cc3ccc(C(O)C(F)(F)F)cc3CN2C(=O)[C@]12CC[C@@H](NC1CCOCC1)C2. The second kappa shape index (κ2) is 7.99. The quantitative estimate of drug-likeness (QED) is 0.737. The molecule has 0 aromatic heterocycles. The highest BCUT2D eigenvalue weighted by molar-refractivity contribution is 5.87. The van der Waals surface area contributed by atoms with E-state index in [1.54, 1.807) is 6.07 Å². The van der Waals surface area contributed by atoms with E-state index >= 15 is 0 Å². The molecule has 3 heterocycles. The van der Waals surface area contributed by atoms with Crippen LogP contribution in [-0.4, -0.2) is 53.4 Å². The number of carbonyl (C=O) groups excluding carboxylic acids is 1. The number of ether oxygens (including phenoxy) is 1.